The summed E-state index contributed by atoms with van der Waals surface area (Å²) in [5.41, 5.74) is 2.24. The zero-order valence-corrected chi connectivity index (χ0v) is 23.9. The van der Waals surface area contributed by atoms with Gasteiger partial charge in [-0.2, -0.15) is 11.8 Å². The summed E-state index contributed by atoms with van der Waals surface area (Å²) in [5, 5.41) is 5.89. The maximum Gasteiger partial charge on any atom is 0.408 e. The van der Waals surface area contributed by atoms with Gasteiger partial charge in [-0.15, -0.1) is 0 Å². The van der Waals surface area contributed by atoms with Crippen LogP contribution in [0.5, 0.6) is 0 Å². The van der Waals surface area contributed by atoms with Gasteiger partial charge in [0.15, 0.2) is 0 Å². The molecule has 7 nitrogen and oxygen atoms in total. The van der Waals surface area contributed by atoms with E-state index in [0.717, 1.165) is 48.8 Å². The lowest BCUT2D eigenvalue weighted by Crippen LogP contribution is -2.54. The molecular formula is C28H45N3O4S. The fourth-order valence-electron chi connectivity index (χ4n) is 4.16. The molecule has 0 aliphatic heterocycles. The Morgan fingerprint density at radius 1 is 1.17 bits per heavy atom. The van der Waals surface area contributed by atoms with Crippen LogP contribution in [0.3, 0.4) is 0 Å². The summed E-state index contributed by atoms with van der Waals surface area (Å²) in [7, 11) is 0. The predicted molar refractivity (Wildman–Crippen MR) is 147 cm³/mol. The monoisotopic (exact) mass is 519 g/mol. The number of carbonyl (C=O) groups excluding carboxylic acids is 3. The van der Waals surface area contributed by atoms with E-state index in [1.165, 1.54) is 0 Å². The third kappa shape index (κ3) is 9.02. The molecule has 8 heteroatoms. The number of benzene rings is 1. The highest BCUT2D eigenvalue weighted by Gasteiger charge is 2.44. The van der Waals surface area contributed by atoms with Crippen molar-refractivity contribution >= 4 is 29.7 Å². The average molecular weight is 520 g/mol. The number of nitrogens with zero attached hydrogens (tertiary/aromatic N) is 1. The Kier molecular flexibility index (Phi) is 11.6. The molecule has 0 heterocycles. The SMILES string of the molecule is CCCCCNC(=O)C(c1cccc(C)c1C)N(C(=O)C(CCSC)NC(=O)OC(C)(C)C)C1CC1. The van der Waals surface area contributed by atoms with Crippen LogP contribution in [0, 0.1) is 13.8 Å². The molecule has 0 radical (unpaired) electrons. The number of carbonyl (C=O) groups is 3. The number of nitrogens with one attached hydrogen (secondary N) is 2. The van der Waals surface area contributed by atoms with Gasteiger partial charge in [-0.05, 0) is 89.0 Å². The minimum absolute atomic E-state index is 0.0268. The van der Waals surface area contributed by atoms with E-state index in [1.807, 2.05) is 38.3 Å². The molecule has 2 rings (SSSR count). The smallest absolute Gasteiger partial charge is 0.408 e. The van der Waals surface area contributed by atoms with Crippen LogP contribution in [0.1, 0.15) is 89.0 Å². The van der Waals surface area contributed by atoms with Gasteiger partial charge in [0.1, 0.15) is 17.7 Å². The van der Waals surface area contributed by atoms with Gasteiger partial charge in [0.05, 0.1) is 0 Å². The normalized spacial score (nSPS) is 15.1. The van der Waals surface area contributed by atoms with E-state index < -0.39 is 23.8 Å². The van der Waals surface area contributed by atoms with Crippen LogP contribution in [-0.4, -0.2) is 59.0 Å². The second-order valence-corrected chi connectivity index (χ2v) is 11.6. The van der Waals surface area contributed by atoms with Crippen molar-refractivity contribution in [2.24, 2.45) is 0 Å². The summed E-state index contributed by atoms with van der Waals surface area (Å²) >= 11 is 1.61. The number of unbranched alkanes of at least 4 members (excludes halogenated alkanes) is 2. The summed E-state index contributed by atoms with van der Waals surface area (Å²) in [6.45, 7) is 12.1. The van der Waals surface area contributed by atoms with E-state index in [1.54, 1.807) is 37.4 Å². The topological polar surface area (TPSA) is 87.7 Å². The molecular weight excluding hydrogens is 474 g/mol. The van der Waals surface area contributed by atoms with Crippen molar-refractivity contribution in [1.82, 2.24) is 15.5 Å². The van der Waals surface area contributed by atoms with E-state index in [0.29, 0.717) is 18.7 Å². The minimum atomic E-state index is -0.770. The van der Waals surface area contributed by atoms with Crippen molar-refractivity contribution in [3.05, 3.63) is 34.9 Å². The third-order valence-corrected chi connectivity index (χ3v) is 6.99. The second kappa shape index (κ2) is 13.9. The highest BCUT2D eigenvalue weighted by atomic mass is 32.2. The van der Waals surface area contributed by atoms with E-state index in [2.05, 4.69) is 17.6 Å². The molecule has 1 aliphatic carbocycles. The zero-order valence-electron chi connectivity index (χ0n) is 23.1. The first-order valence-corrected chi connectivity index (χ1v) is 14.5. The Morgan fingerprint density at radius 3 is 2.44 bits per heavy atom. The fourth-order valence-corrected chi connectivity index (χ4v) is 4.64. The van der Waals surface area contributed by atoms with E-state index in [9.17, 15) is 14.4 Å². The number of rotatable bonds is 13. The quantitative estimate of drug-likeness (QED) is 0.346. The Hall–Kier alpha value is -2.22. The van der Waals surface area contributed by atoms with Crippen LogP contribution in [0.25, 0.3) is 0 Å². The molecule has 0 bridgehead atoms. The number of hydrogen-bond acceptors (Lipinski definition) is 5. The first kappa shape index (κ1) is 30.0. The van der Waals surface area contributed by atoms with E-state index in [4.69, 9.17) is 4.74 Å². The van der Waals surface area contributed by atoms with Gasteiger partial charge in [-0.1, -0.05) is 38.0 Å². The second-order valence-electron chi connectivity index (χ2n) is 10.6. The average Bonchev–Trinajstić information content (AvgIpc) is 3.63. The largest absolute Gasteiger partial charge is 0.444 e. The van der Waals surface area contributed by atoms with Crippen molar-refractivity contribution in [3.8, 4) is 0 Å². The molecule has 0 spiro atoms. The van der Waals surface area contributed by atoms with Crippen LogP contribution >= 0.6 is 11.8 Å². The molecule has 0 saturated heterocycles. The lowest BCUT2D eigenvalue weighted by molar-refractivity contribution is -0.143. The Bertz CT molecular complexity index is 895. The van der Waals surface area contributed by atoms with Crippen molar-refractivity contribution in [3.63, 3.8) is 0 Å². The summed E-state index contributed by atoms with van der Waals surface area (Å²) in [4.78, 5) is 42.1. The first-order chi connectivity index (χ1) is 17.0. The van der Waals surface area contributed by atoms with Crippen molar-refractivity contribution < 1.29 is 19.1 Å². The van der Waals surface area contributed by atoms with Crippen molar-refractivity contribution in [2.75, 3.05) is 18.6 Å². The minimum Gasteiger partial charge on any atom is -0.444 e. The van der Waals surface area contributed by atoms with E-state index in [-0.39, 0.29) is 17.9 Å². The first-order valence-electron chi connectivity index (χ1n) is 13.1. The van der Waals surface area contributed by atoms with Gasteiger partial charge in [-0.3, -0.25) is 9.59 Å². The molecule has 1 aromatic carbocycles. The lowest BCUT2D eigenvalue weighted by atomic mass is 9.94. The summed E-state index contributed by atoms with van der Waals surface area (Å²) in [6.07, 6.45) is 6.50. The molecule has 0 aromatic heterocycles. The molecule has 36 heavy (non-hydrogen) atoms. The molecule has 2 unspecified atom stereocenters. The summed E-state index contributed by atoms with van der Waals surface area (Å²) in [5.74, 6) is 0.301. The molecule has 1 fully saturated rings. The number of aryl methyl sites for hydroxylation is 1. The molecule has 2 atom stereocenters. The Balaban J connectivity index is 2.42. The highest BCUT2D eigenvalue weighted by molar-refractivity contribution is 7.98. The number of alkyl carbamates (subject to hydrolysis) is 1. The van der Waals surface area contributed by atoms with E-state index >= 15 is 0 Å². The van der Waals surface area contributed by atoms with Gasteiger partial charge < -0.3 is 20.3 Å². The van der Waals surface area contributed by atoms with Gasteiger partial charge in [-0.25, -0.2) is 4.79 Å². The molecule has 3 amide bonds. The van der Waals surface area contributed by atoms with Crippen LogP contribution in [-0.2, 0) is 14.3 Å². The van der Waals surface area contributed by atoms with Crippen LogP contribution in [0.4, 0.5) is 4.79 Å². The van der Waals surface area contributed by atoms with Gasteiger partial charge in [0.25, 0.3) is 0 Å². The summed E-state index contributed by atoms with van der Waals surface area (Å²) < 4.78 is 5.45. The Morgan fingerprint density at radius 2 is 1.86 bits per heavy atom. The number of hydrogen-bond donors (Lipinski definition) is 2. The molecule has 1 aromatic rings. The molecule has 202 valence electrons. The fraction of sp³-hybridized carbons (Fsp3) is 0.679. The third-order valence-electron chi connectivity index (χ3n) is 6.34. The van der Waals surface area contributed by atoms with Gasteiger partial charge in [0.2, 0.25) is 11.8 Å². The van der Waals surface area contributed by atoms with Gasteiger partial charge >= 0.3 is 6.09 Å². The maximum atomic E-state index is 14.1. The van der Waals surface area contributed by atoms with Crippen molar-refractivity contribution in [2.45, 2.75) is 104 Å². The maximum absolute atomic E-state index is 14.1. The molecule has 1 saturated carbocycles. The lowest BCUT2D eigenvalue weighted by Gasteiger charge is -2.35. The standard InChI is InChI=1S/C28H45N3O4S/c1-8-9-10-17-29-25(32)24(22-13-11-12-19(2)20(22)3)31(21-14-15-21)26(33)23(16-18-36-7)30-27(34)35-28(4,5)6/h11-13,21,23-24H,8-10,14-18H2,1-7H3,(H,29,32)(H,30,34). The van der Waals surface area contributed by atoms with Crippen LogP contribution in [0.15, 0.2) is 18.2 Å². The number of amides is 3. The van der Waals surface area contributed by atoms with Crippen LogP contribution < -0.4 is 10.6 Å². The Labute approximate surface area is 221 Å². The van der Waals surface area contributed by atoms with Crippen LogP contribution in [0.2, 0.25) is 0 Å². The molecule has 1 aliphatic rings. The molecule has 2 N–H and O–H groups in total. The number of thioether (sulfide) groups is 1. The highest BCUT2D eigenvalue weighted by Crippen LogP contribution is 2.37. The number of ether oxygens (including phenoxy) is 1. The van der Waals surface area contributed by atoms with Gasteiger partial charge in [0, 0.05) is 12.6 Å². The summed E-state index contributed by atoms with van der Waals surface area (Å²) in [6, 6.07) is 4.36. The van der Waals surface area contributed by atoms with Crippen molar-refractivity contribution in [1.29, 1.82) is 0 Å². The predicted octanol–water partition coefficient (Wildman–Crippen LogP) is 5.29. The zero-order chi connectivity index (χ0) is 26.9.